The fraction of sp³-hybridized carbons (Fsp3) is 0.611. The van der Waals surface area contributed by atoms with Crippen molar-refractivity contribution in [3.05, 3.63) is 35.4 Å². The molecule has 0 radical (unpaired) electrons. The van der Waals surface area contributed by atoms with Gasteiger partial charge in [-0.25, -0.2) is 4.79 Å². The first-order chi connectivity index (χ1) is 9.85. The van der Waals surface area contributed by atoms with E-state index in [1.165, 1.54) is 17.5 Å². The first-order valence-corrected chi connectivity index (χ1v) is 7.81. The van der Waals surface area contributed by atoms with E-state index in [1.807, 2.05) is 20.8 Å². The number of carbonyl (C=O) groups is 1. The molecule has 1 aliphatic carbocycles. The largest absolute Gasteiger partial charge is 0.509 e. The van der Waals surface area contributed by atoms with Crippen molar-refractivity contribution in [1.29, 1.82) is 0 Å². The third kappa shape index (κ3) is 4.76. The van der Waals surface area contributed by atoms with Crippen LogP contribution in [0.25, 0.3) is 0 Å². The highest BCUT2D eigenvalue weighted by Gasteiger charge is 2.31. The standard InChI is InChI=1S/C18H26O3/c1-13-9-11-14(12-10-13)15-7-5-6-8-16(15)20-17(19)21-18(2,3)4/h9-12,15-16H,5-8H2,1-4H3/t15-,16+/m0/s1. The molecule has 116 valence electrons. The second-order valence-corrected chi connectivity index (χ2v) is 6.92. The van der Waals surface area contributed by atoms with Crippen molar-refractivity contribution in [2.24, 2.45) is 0 Å². The highest BCUT2D eigenvalue weighted by Crippen LogP contribution is 2.35. The van der Waals surface area contributed by atoms with Gasteiger partial charge in [-0.2, -0.15) is 0 Å². The van der Waals surface area contributed by atoms with Gasteiger partial charge in [-0.05, 0) is 52.5 Å². The van der Waals surface area contributed by atoms with Crippen molar-refractivity contribution < 1.29 is 14.3 Å². The highest BCUT2D eigenvalue weighted by molar-refractivity contribution is 5.61. The number of hydrogen-bond acceptors (Lipinski definition) is 3. The average molecular weight is 290 g/mol. The summed E-state index contributed by atoms with van der Waals surface area (Å²) in [7, 11) is 0. The zero-order valence-electron chi connectivity index (χ0n) is 13.5. The van der Waals surface area contributed by atoms with Gasteiger partial charge in [0.15, 0.2) is 0 Å². The molecule has 2 rings (SSSR count). The molecular weight excluding hydrogens is 264 g/mol. The first-order valence-electron chi connectivity index (χ1n) is 7.81. The van der Waals surface area contributed by atoms with E-state index in [1.54, 1.807) is 0 Å². The third-order valence-electron chi connectivity index (χ3n) is 3.85. The summed E-state index contributed by atoms with van der Waals surface area (Å²) >= 11 is 0. The molecule has 0 bridgehead atoms. The number of rotatable bonds is 2. The predicted molar refractivity (Wildman–Crippen MR) is 83.5 cm³/mol. The Bertz CT molecular complexity index is 470. The molecule has 1 aliphatic rings. The maximum atomic E-state index is 11.9. The molecule has 1 fully saturated rings. The summed E-state index contributed by atoms with van der Waals surface area (Å²) < 4.78 is 10.9. The normalized spacial score (nSPS) is 22.7. The summed E-state index contributed by atoms with van der Waals surface area (Å²) in [4.78, 5) is 11.9. The van der Waals surface area contributed by atoms with E-state index in [0.29, 0.717) is 0 Å². The van der Waals surface area contributed by atoms with E-state index in [0.717, 1.165) is 19.3 Å². The van der Waals surface area contributed by atoms with Gasteiger partial charge in [0.1, 0.15) is 11.7 Å². The van der Waals surface area contributed by atoms with E-state index >= 15 is 0 Å². The third-order valence-corrected chi connectivity index (χ3v) is 3.85. The van der Waals surface area contributed by atoms with Gasteiger partial charge in [0.2, 0.25) is 0 Å². The maximum absolute atomic E-state index is 11.9. The van der Waals surface area contributed by atoms with Crippen LogP contribution in [0, 0.1) is 6.92 Å². The average Bonchev–Trinajstić information content (AvgIpc) is 2.38. The predicted octanol–water partition coefficient (Wildman–Crippen LogP) is 4.97. The van der Waals surface area contributed by atoms with Crippen LogP contribution in [0.2, 0.25) is 0 Å². The molecule has 2 atom stereocenters. The molecule has 0 aliphatic heterocycles. The fourth-order valence-corrected chi connectivity index (χ4v) is 2.83. The van der Waals surface area contributed by atoms with Gasteiger partial charge in [-0.15, -0.1) is 0 Å². The van der Waals surface area contributed by atoms with Crippen LogP contribution in [0.4, 0.5) is 4.79 Å². The number of aryl methyl sites for hydroxylation is 1. The summed E-state index contributed by atoms with van der Waals surface area (Å²) in [6.45, 7) is 7.64. The Labute approximate surface area is 127 Å². The zero-order chi connectivity index (χ0) is 15.5. The molecule has 0 amide bonds. The van der Waals surface area contributed by atoms with Gasteiger partial charge < -0.3 is 9.47 Å². The molecular formula is C18H26O3. The number of benzene rings is 1. The van der Waals surface area contributed by atoms with Gasteiger partial charge in [-0.1, -0.05) is 36.2 Å². The molecule has 0 saturated heterocycles. The summed E-state index contributed by atoms with van der Waals surface area (Å²) in [6, 6.07) is 8.54. The maximum Gasteiger partial charge on any atom is 0.509 e. The van der Waals surface area contributed by atoms with Crippen LogP contribution in [-0.4, -0.2) is 17.9 Å². The first kappa shape index (κ1) is 15.9. The lowest BCUT2D eigenvalue weighted by molar-refractivity contribution is -0.0387. The van der Waals surface area contributed by atoms with Crippen LogP contribution >= 0.6 is 0 Å². The minimum atomic E-state index is -0.550. The Morgan fingerprint density at radius 3 is 2.33 bits per heavy atom. The van der Waals surface area contributed by atoms with Gasteiger partial charge >= 0.3 is 6.16 Å². The van der Waals surface area contributed by atoms with Crippen molar-refractivity contribution >= 4 is 6.16 Å². The monoisotopic (exact) mass is 290 g/mol. The Morgan fingerprint density at radius 1 is 1.10 bits per heavy atom. The lowest BCUT2D eigenvalue weighted by Gasteiger charge is -2.32. The van der Waals surface area contributed by atoms with E-state index in [2.05, 4.69) is 31.2 Å². The molecule has 0 aromatic heterocycles. The summed E-state index contributed by atoms with van der Waals surface area (Å²) in [5.41, 5.74) is 2.00. The molecule has 0 N–H and O–H groups in total. The fourth-order valence-electron chi connectivity index (χ4n) is 2.83. The van der Waals surface area contributed by atoms with Gasteiger partial charge in [0.05, 0.1) is 0 Å². The molecule has 3 heteroatoms. The molecule has 0 unspecified atom stereocenters. The Hall–Kier alpha value is -1.51. The summed E-state index contributed by atoms with van der Waals surface area (Å²) in [5, 5.41) is 0. The van der Waals surface area contributed by atoms with Gasteiger partial charge in [0, 0.05) is 5.92 Å². The van der Waals surface area contributed by atoms with Crippen LogP contribution in [0.5, 0.6) is 0 Å². The molecule has 3 nitrogen and oxygen atoms in total. The van der Waals surface area contributed by atoms with E-state index in [-0.39, 0.29) is 12.0 Å². The highest BCUT2D eigenvalue weighted by atomic mass is 16.7. The Balaban J connectivity index is 2.05. The molecule has 1 aromatic carbocycles. The number of ether oxygens (including phenoxy) is 2. The zero-order valence-corrected chi connectivity index (χ0v) is 13.5. The Kier molecular flexibility index (Phi) is 4.92. The van der Waals surface area contributed by atoms with Crippen LogP contribution < -0.4 is 0 Å². The topological polar surface area (TPSA) is 35.5 Å². The smallest absolute Gasteiger partial charge is 0.430 e. The second kappa shape index (κ2) is 6.50. The van der Waals surface area contributed by atoms with Crippen molar-refractivity contribution in [2.45, 2.75) is 71.0 Å². The molecule has 1 saturated carbocycles. The lowest BCUT2D eigenvalue weighted by Crippen LogP contribution is -2.32. The molecule has 0 spiro atoms. The number of carbonyl (C=O) groups excluding carboxylic acids is 1. The SMILES string of the molecule is Cc1ccc([C@@H]2CCCC[C@H]2OC(=O)OC(C)(C)C)cc1. The van der Waals surface area contributed by atoms with Crippen LogP contribution in [0.3, 0.4) is 0 Å². The molecule has 21 heavy (non-hydrogen) atoms. The van der Waals surface area contributed by atoms with E-state index < -0.39 is 11.8 Å². The van der Waals surface area contributed by atoms with E-state index in [9.17, 15) is 4.79 Å². The van der Waals surface area contributed by atoms with Gasteiger partial charge in [0.25, 0.3) is 0 Å². The number of hydrogen-bond donors (Lipinski definition) is 0. The van der Waals surface area contributed by atoms with Crippen molar-refractivity contribution in [3.63, 3.8) is 0 Å². The van der Waals surface area contributed by atoms with Crippen LogP contribution in [0.15, 0.2) is 24.3 Å². The molecule has 0 heterocycles. The van der Waals surface area contributed by atoms with Crippen LogP contribution in [0.1, 0.15) is 63.5 Å². The summed E-state index contributed by atoms with van der Waals surface area (Å²) in [6.07, 6.45) is 3.65. The van der Waals surface area contributed by atoms with E-state index in [4.69, 9.17) is 9.47 Å². The van der Waals surface area contributed by atoms with Crippen molar-refractivity contribution in [3.8, 4) is 0 Å². The second-order valence-electron chi connectivity index (χ2n) is 6.92. The summed E-state index contributed by atoms with van der Waals surface area (Å²) in [5.74, 6) is 0.284. The van der Waals surface area contributed by atoms with Crippen molar-refractivity contribution in [2.75, 3.05) is 0 Å². The Morgan fingerprint density at radius 2 is 1.71 bits per heavy atom. The lowest BCUT2D eigenvalue weighted by atomic mass is 9.81. The van der Waals surface area contributed by atoms with Crippen molar-refractivity contribution in [1.82, 2.24) is 0 Å². The van der Waals surface area contributed by atoms with Gasteiger partial charge in [-0.3, -0.25) is 0 Å². The molecule has 1 aromatic rings. The minimum absolute atomic E-state index is 0.0729. The minimum Gasteiger partial charge on any atom is -0.430 e. The quantitative estimate of drug-likeness (QED) is 0.721. The van der Waals surface area contributed by atoms with Crippen LogP contribution in [-0.2, 0) is 9.47 Å².